The van der Waals surface area contributed by atoms with Gasteiger partial charge in [-0.2, -0.15) is 5.10 Å². The van der Waals surface area contributed by atoms with E-state index in [1.165, 1.54) is 24.8 Å². The minimum Gasteiger partial charge on any atom is -0.310 e. The van der Waals surface area contributed by atoms with Crippen molar-refractivity contribution in [2.24, 2.45) is 5.92 Å². The van der Waals surface area contributed by atoms with Crippen molar-refractivity contribution in [2.45, 2.75) is 38.8 Å². The number of rotatable bonds is 6. The Hall–Kier alpha value is -1.68. The molecule has 0 spiro atoms. The lowest BCUT2D eigenvalue weighted by Gasteiger charge is -2.13. The molecule has 2 aromatic rings. The molecule has 2 aromatic heterocycles. The Bertz CT molecular complexity index is 516. The zero-order valence-electron chi connectivity index (χ0n) is 11.3. The third-order valence-electron chi connectivity index (χ3n) is 3.69. The summed E-state index contributed by atoms with van der Waals surface area (Å²) in [4.78, 5) is 4.16. The van der Waals surface area contributed by atoms with Gasteiger partial charge in [0, 0.05) is 36.1 Å². The number of hydrogen-bond acceptors (Lipinski definition) is 3. The highest BCUT2D eigenvalue weighted by Gasteiger charge is 2.23. The van der Waals surface area contributed by atoms with Gasteiger partial charge in [0.1, 0.15) is 0 Å². The molecule has 1 aliphatic rings. The summed E-state index contributed by atoms with van der Waals surface area (Å²) in [6, 6.07) is 4.57. The topological polar surface area (TPSA) is 53.6 Å². The predicted octanol–water partition coefficient (Wildman–Crippen LogP) is 2.75. The summed E-state index contributed by atoms with van der Waals surface area (Å²) in [5.74, 6) is 0.963. The molecule has 1 saturated carbocycles. The normalized spacial score (nSPS) is 16.5. The molecule has 0 aliphatic heterocycles. The summed E-state index contributed by atoms with van der Waals surface area (Å²) in [5, 5.41) is 10.8. The number of hydrogen-bond donors (Lipinski definition) is 2. The van der Waals surface area contributed by atoms with Crippen LogP contribution in [0.2, 0.25) is 0 Å². The lowest BCUT2D eigenvalue weighted by atomic mass is 10.1. The van der Waals surface area contributed by atoms with E-state index in [-0.39, 0.29) is 0 Å². The van der Waals surface area contributed by atoms with Crippen molar-refractivity contribution in [3.8, 4) is 11.3 Å². The molecule has 0 amide bonds. The number of aromatic nitrogens is 3. The van der Waals surface area contributed by atoms with Gasteiger partial charge in [-0.25, -0.2) is 0 Å². The molecule has 1 atom stereocenters. The number of H-pyrrole nitrogens is 1. The molecule has 4 heteroatoms. The van der Waals surface area contributed by atoms with Crippen LogP contribution in [-0.2, 0) is 6.54 Å². The summed E-state index contributed by atoms with van der Waals surface area (Å²) in [6.45, 7) is 3.12. The standard InChI is InChI=1S/C15H20N4/c1-11(7-12-4-5-12)17-9-14-10-18-19-15(14)13-3-2-6-16-8-13/h2-3,6,8,10-12,17H,4-5,7,9H2,1H3,(H,18,19). The van der Waals surface area contributed by atoms with Crippen LogP contribution in [0.4, 0.5) is 0 Å². The fourth-order valence-electron chi connectivity index (χ4n) is 2.43. The van der Waals surface area contributed by atoms with Gasteiger partial charge >= 0.3 is 0 Å². The van der Waals surface area contributed by atoms with Crippen LogP contribution in [-0.4, -0.2) is 21.2 Å². The van der Waals surface area contributed by atoms with Crippen molar-refractivity contribution in [3.05, 3.63) is 36.3 Å². The molecule has 0 aromatic carbocycles. The number of pyridine rings is 1. The van der Waals surface area contributed by atoms with Crippen molar-refractivity contribution in [1.82, 2.24) is 20.5 Å². The van der Waals surface area contributed by atoms with Gasteiger partial charge < -0.3 is 5.32 Å². The zero-order valence-corrected chi connectivity index (χ0v) is 11.3. The number of nitrogens with one attached hydrogen (secondary N) is 2. The van der Waals surface area contributed by atoms with E-state index in [0.29, 0.717) is 6.04 Å². The van der Waals surface area contributed by atoms with E-state index in [4.69, 9.17) is 0 Å². The van der Waals surface area contributed by atoms with Gasteiger partial charge in [0.05, 0.1) is 11.9 Å². The number of aromatic amines is 1. The summed E-state index contributed by atoms with van der Waals surface area (Å²) < 4.78 is 0. The number of nitrogens with zero attached hydrogens (tertiary/aromatic N) is 2. The second kappa shape index (κ2) is 5.53. The lowest BCUT2D eigenvalue weighted by molar-refractivity contribution is 0.488. The minimum atomic E-state index is 0.573. The maximum Gasteiger partial charge on any atom is 0.0710 e. The van der Waals surface area contributed by atoms with E-state index in [2.05, 4.69) is 33.5 Å². The summed E-state index contributed by atoms with van der Waals surface area (Å²) in [6.07, 6.45) is 9.68. The van der Waals surface area contributed by atoms with Crippen LogP contribution in [0.1, 0.15) is 31.7 Å². The smallest absolute Gasteiger partial charge is 0.0710 e. The van der Waals surface area contributed by atoms with Crippen LogP contribution < -0.4 is 5.32 Å². The molecule has 1 fully saturated rings. The molecular formula is C15H20N4. The van der Waals surface area contributed by atoms with Gasteiger partial charge in [-0.3, -0.25) is 10.1 Å². The summed E-state index contributed by atoms with van der Waals surface area (Å²) >= 11 is 0. The van der Waals surface area contributed by atoms with Gasteiger partial charge in [0.15, 0.2) is 0 Å². The molecule has 1 unspecified atom stereocenters. The van der Waals surface area contributed by atoms with Gasteiger partial charge in [-0.1, -0.05) is 12.8 Å². The van der Waals surface area contributed by atoms with Crippen molar-refractivity contribution in [1.29, 1.82) is 0 Å². The average Bonchev–Trinajstić information content (AvgIpc) is 3.12. The van der Waals surface area contributed by atoms with Gasteiger partial charge in [-0.15, -0.1) is 0 Å². The Balaban J connectivity index is 1.63. The van der Waals surface area contributed by atoms with E-state index in [0.717, 1.165) is 23.7 Å². The van der Waals surface area contributed by atoms with Crippen LogP contribution in [0.25, 0.3) is 11.3 Å². The van der Waals surface area contributed by atoms with Crippen molar-refractivity contribution >= 4 is 0 Å². The Kier molecular flexibility index (Phi) is 3.60. The Morgan fingerprint density at radius 2 is 2.32 bits per heavy atom. The monoisotopic (exact) mass is 256 g/mol. The molecule has 19 heavy (non-hydrogen) atoms. The molecule has 2 heterocycles. The first-order valence-corrected chi connectivity index (χ1v) is 6.99. The van der Waals surface area contributed by atoms with Gasteiger partial charge in [-0.05, 0) is 31.4 Å². The van der Waals surface area contributed by atoms with Crippen LogP contribution in [0.15, 0.2) is 30.7 Å². The zero-order chi connectivity index (χ0) is 13.1. The molecule has 0 radical (unpaired) electrons. The maximum absolute atomic E-state index is 4.16. The van der Waals surface area contributed by atoms with Crippen molar-refractivity contribution in [2.75, 3.05) is 0 Å². The molecule has 100 valence electrons. The van der Waals surface area contributed by atoms with Crippen LogP contribution in [0.5, 0.6) is 0 Å². The third kappa shape index (κ3) is 3.20. The van der Waals surface area contributed by atoms with Crippen molar-refractivity contribution < 1.29 is 0 Å². The molecule has 2 N–H and O–H groups in total. The first-order valence-electron chi connectivity index (χ1n) is 6.99. The van der Waals surface area contributed by atoms with Crippen LogP contribution in [0.3, 0.4) is 0 Å². The quantitative estimate of drug-likeness (QED) is 0.835. The van der Waals surface area contributed by atoms with E-state index in [1.807, 2.05) is 18.5 Å². The first kappa shape index (κ1) is 12.4. The van der Waals surface area contributed by atoms with Crippen LogP contribution in [0, 0.1) is 5.92 Å². The summed E-state index contributed by atoms with van der Waals surface area (Å²) in [5.41, 5.74) is 3.36. The molecule has 4 nitrogen and oxygen atoms in total. The van der Waals surface area contributed by atoms with Gasteiger partial charge in [0.2, 0.25) is 0 Å². The second-order valence-electron chi connectivity index (χ2n) is 5.47. The fourth-order valence-corrected chi connectivity index (χ4v) is 2.43. The highest BCUT2D eigenvalue weighted by molar-refractivity contribution is 5.61. The third-order valence-corrected chi connectivity index (χ3v) is 3.69. The van der Waals surface area contributed by atoms with Crippen LogP contribution >= 0.6 is 0 Å². The van der Waals surface area contributed by atoms with E-state index >= 15 is 0 Å². The lowest BCUT2D eigenvalue weighted by Crippen LogP contribution is -2.25. The molecule has 0 bridgehead atoms. The SMILES string of the molecule is CC(CC1CC1)NCc1cn[nH]c1-c1cccnc1. The summed E-state index contributed by atoms with van der Waals surface area (Å²) in [7, 11) is 0. The minimum absolute atomic E-state index is 0.573. The van der Waals surface area contributed by atoms with E-state index < -0.39 is 0 Å². The first-order chi connectivity index (χ1) is 9.33. The van der Waals surface area contributed by atoms with E-state index in [1.54, 1.807) is 6.20 Å². The predicted molar refractivity (Wildman–Crippen MR) is 75.5 cm³/mol. The van der Waals surface area contributed by atoms with Crippen molar-refractivity contribution in [3.63, 3.8) is 0 Å². The molecule has 3 rings (SSSR count). The Labute approximate surface area is 113 Å². The molecule has 0 saturated heterocycles. The maximum atomic E-state index is 4.16. The van der Waals surface area contributed by atoms with E-state index in [9.17, 15) is 0 Å². The Morgan fingerprint density at radius 1 is 1.42 bits per heavy atom. The largest absolute Gasteiger partial charge is 0.310 e. The highest BCUT2D eigenvalue weighted by Crippen LogP contribution is 2.33. The highest BCUT2D eigenvalue weighted by atomic mass is 15.1. The fraction of sp³-hybridized carbons (Fsp3) is 0.467. The van der Waals surface area contributed by atoms with Gasteiger partial charge in [0.25, 0.3) is 0 Å². The Morgan fingerprint density at radius 3 is 3.05 bits per heavy atom. The molecule has 1 aliphatic carbocycles. The second-order valence-corrected chi connectivity index (χ2v) is 5.47. The molecular weight excluding hydrogens is 236 g/mol. The average molecular weight is 256 g/mol.